The van der Waals surface area contributed by atoms with E-state index in [4.69, 9.17) is 9.52 Å². The molecule has 0 bridgehead atoms. The van der Waals surface area contributed by atoms with Crippen molar-refractivity contribution in [3.63, 3.8) is 0 Å². The monoisotopic (exact) mass is 208 g/mol. The molecule has 0 aliphatic rings. The van der Waals surface area contributed by atoms with E-state index in [2.05, 4.69) is 0 Å². The maximum absolute atomic E-state index is 10.6. The first-order chi connectivity index (χ1) is 6.68. The fourth-order valence-corrected chi connectivity index (χ4v) is 2.01. The minimum absolute atomic E-state index is 0.00843. The molecule has 0 spiro atoms. The molecular weight excluding hydrogens is 200 g/mol. The van der Waals surface area contributed by atoms with Gasteiger partial charge in [0.2, 0.25) is 5.76 Å². The Morgan fingerprint density at radius 1 is 1.57 bits per heavy atom. The van der Waals surface area contributed by atoms with Gasteiger partial charge in [-0.05, 0) is 30.0 Å². The standard InChI is InChI=1S/C10H8O3S/c1-6-5-7(10(11)12)13-9(6)8-3-2-4-14-8/h2-5H,1H3,(H,11,12). The van der Waals surface area contributed by atoms with Crippen molar-refractivity contribution in [1.82, 2.24) is 0 Å². The van der Waals surface area contributed by atoms with Gasteiger partial charge in [-0.3, -0.25) is 0 Å². The summed E-state index contributed by atoms with van der Waals surface area (Å²) in [7, 11) is 0. The molecule has 2 heterocycles. The summed E-state index contributed by atoms with van der Waals surface area (Å²) in [5.41, 5.74) is 0.852. The third-order valence-electron chi connectivity index (χ3n) is 1.87. The maximum Gasteiger partial charge on any atom is 0.371 e. The van der Waals surface area contributed by atoms with E-state index in [1.807, 2.05) is 24.4 Å². The molecule has 0 aromatic carbocycles. The lowest BCUT2D eigenvalue weighted by Gasteiger charge is -1.91. The second-order valence-electron chi connectivity index (χ2n) is 2.91. The Morgan fingerprint density at radius 2 is 2.36 bits per heavy atom. The van der Waals surface area contributed by atoms with E-state index in [9.17, 15) is 4.79 Å². The summed E-state index contributed by atoms with van der Waals surface area (Å²) in [5, 5.41) is 10.7. The van der Waals surface area contributed by atoms with Crippen LogP contribution >= 0.6 is 11.3 Å². The fraction of sp³-hybridized carbons (Fsp3) is 0.100. The van der Waals surface area contributed by atoms with Crippen molar-refractivity contribution in [2.24, 2.45) is 0 Å². The van der Waals surface area contributed by atoms with Gasteiger partial charge in [0, 0.05) is 0 Å². The van der Waals surface area contributed by atoms with Crippen LogP contribution in [0.15, 0.2) is 28.0 Å². The van der Waals surface area contributed by atoms with Gasteiger partial charge in [-0.15, -0.1) is 11.3 Å². The number of carbonyl (C=O) groups is 1. The summed E-state index contributed by atoms with van der Waals surface area (Å²) < 4.78 is 5.23. The molecule has 0 atom stereocenters. The highest BCUT2D eigenvalue weighted by molar-refractivity contribution is 7.13. The number of thiophene rings is 1. The molecule has 14 heavy (non-hydrogen) atoms. The molecule has 0 unspecified atom stereocenters. The number of rotatable bonds is 2. The highest BCUT2D eigenvalue weighted by atomic mass is 32.1. The number of aryl methyl sites for hydroxylation is 1. The van der Waals surface area contributed by atoms with Crippen LogP contribution in [0.5, 0.6) is 0 Å². The molecular formula is C10H8O3S. The molecule has 2 aromatic heterocycles. The smallest absolute Gasteiger partial charge is 0.371 e. The first kappa shape index (κ1) is 9.02. The number of hydrogen-bond donors (Lipinski definition) is 1. The molecule has 0 aliphatic heterocycles. The fourth-order valence-electron chi connectivity index (χ4n) is 1.24. The van der Waals surface area contributed by atoms with Crippen LogP contribution in [0.4, 0.5) is 0 Å². The van der Waals surface area contributed by atoms with E-state index in [0.29, 0.717) is 5.76 Å². The molecule has 72 valence electrons. The normalized spacial score (nSPS) is 10.4. The molecule has 1 N–H and O–H groups in total. The minimum Gasteiger partial charge on any atom is -0.475 e. The lowest BCUT2D eigenvalue weighted by atomic mass is 10.2. The number of carboxylic acids is 1. The molecule has 2 rings (SSSR count). The molecule has 0 radical (unpaired) electrons. The van der Waals surface area contributed by atoms with Gasteiger partial charge >= 0.3 is 5.97 Å². The van der Waals surface area contributed by atoms with Gasteiger partial charge in [-0.1, -0.05) is 6.07 Å². The minimum atomic E-state index is -1.03. The third-order valence-corrected chi connectivity index (χ3v) is 2.74. The highest BCUT2D eigenvalue weighted by Gasteiger charge is 2.14. The van der Waals surface area contributed by atoms with Crippen LogP contribution in [-0.2, 0) is 0 Å². The van der Waals surface area contributed by atoms with Gasteiger partial charge < -0.3 is 9.52 Å². The van der Waals surface area contributed by atoms with Crippen LogP contribution in [-0.4, -0.2) is 11.1 Å². The lowest BCUT2D eigenvalue weighted by Crippen LogP contribution is -1.91. The first-order valence-electron chi connectivity index (χ1n) is 4.06. The van der Waals surface area contributed by atoms with Crippen molar-refractivity contribution in [3.05, 3.63) is 34.9 Å². The predicted octanol–water partition coefficient (Wildman–Crippen LogP) is 3.01. The van der Waals surface area contributed by atoms with E-state index < -0.39 is 5.97 Å². The van der Waals surface area contributed by atoms with Crippen molar-refractivity contribution in [1.29, 1.82) is 0 Å². The SMILES string of the molecule is Cc1cc(C(=O)O)oc1-c1cccs1. The average Bonchev–Trinajstić information content (AvgIpc) is 2.71. The van der Waals surface area contributed by atoms with Crippen LogP contribution in [0.25, 0.3) is 10.6 Å². The molecule has 3 nitrogen and oxygen atoms in total. The van der Waals surface area contributed by atoms with Crippen molar-refractivity contribution in [2.45, 2.75) is 6.92 Å². The van der Waals surface area contributed by atoms with Crippen molar-refractivity contribution >= 4 is 17.3 Å². The Bertz CT molecular complexity index is 454. The number of carboxylic acid groups (broad SMARTS) is 1. The topological polar surface area (TPSA) is 50.4 Å². The lowest BCUT2D eigenvalue weighted by molar-refractivity contribution is 0.0663. The van der Waals surface area contributed by atoms with Crippen LogP contribution in [0.3, 0.4) is 0 Å². The van der Waals surface area contributed by atoms with Gasteiger partial charge in [0.15, 0.2) is 0 Å². The molecule has 2 aromatic rings. The molecule has 4 heteroatoms. The quantitative estimate of drug-likeness (QED) is 0.825. The van der Waals surface area contributed by atoms with Gasteiger partial charge in [0.25, 0.3) is 0 Å². The van der Waals surface area contributed by atoms with Crippen molar-refractivity contribution in [3.8, 4) is 10.6 Å². The van der Waals surface area contributed by atoms with E-state index in [0.717, 1.165) is 10.4 Å². The maximum atomic E-state index is 10.6. The average molecular weight is 208 g/mol. The Morgan fingerprint density at radius 3 is 2.86 bits per heavy atom. The molecule has 0 saturated carbocycles. The molecule has 0 aliphatic carbocycles. The second-order valence-corrected chi connectivity index (χ2v) is 3.85. The van der Waals surface area contributed by atoms with E-state index in [1.165, 1.54) is 17.4 Å². The van der Waals surface area contributed by atoms with Crippen LogP contribution in [0, 0.1) is 6.92 Å². The third kappa shape index (κ3) is 1.44. The Kier molecular flexibility index (Phi) is 2.13. The summed E-state index contributed by atoms with van der Waals surface area (Å²) in [4.78, 5) is 11.6. The van der Waals surface area contributed by atoms with Crippen LogP contribution in [0.1, 0.15) is 16.1 Å². The number of furan rings is 1. The summed E-state index contributed by atoms with van der Waals surface area (Å²) in [6.07, 6.45) is 0. The van der Waals surface area contributed by atoms with Crippen LogP contribution < -0.4 is 0 Å². The zero-order valence-corrected chi connectivity index (χ0v) is 8.30. The Labute approximate surface area is 84.6 Å². The zero-order chi connectivity index (χ0) is 10.1. The molecule has 0 fully saturated rings. The van der Waals surface area contributed by atoms with E-state index in [1.54, 1.807) is 0 Å². The zero-order valence-electron chi connectivity index (χ0n) is 7.48. The van der Waals surface area contributed by atoms with Gasteiger partial charge in [-0.25, -0.2) is 4.79 Å². The first-order valence-corrected chi connectivity index (χ1v) is 4.94. The number of hydrogen-bond acceptors (Lipinski definition) is 3. The summed E-state index contributed by atoms with van der Waals surface area (Å²) >= 11 is 1.53. The van der Waals surface area contributed by atoms with Crippen molar-refractivity contribution < 1.29 is 14.3 Å². The van der Waals surface area contributed by atoms with Gasteiger partial charge in [-0.2, -0.15) is 0 Å². The Balaban J connectivity index is 2.50. The largest absolute Gasteiger partial charge is 0.475 e. The second kappa shape index (κ2) is 3.31. The van der Waals surface area contributed by atoms with Gasteiger partial charge in [0.05, 0.1) is 4.88 Å². The van der Waals surface area contributed by atoms with Gasteiger partial charge in [0.1, 0.15) is 5.76 Å². The highest BCUT2D eigenvalue weighted by Crippen LogP contribution is 2.30. The van der Waals surface area contributed by atoms with E-state index >= 15 is 0 Å². The van der Waals surface area contributed by atoms with E-state index in [-0.39, 0.29) is 5.76 Å². The summed E-state index contributed by atoms with van der Waals surface area (Å²) in [6.45, 7) is 1.84. The predicted molar refractivity (Wildman–Crippen MR) is 53.7 cm³/mol. The summed E-state index contributed by atoms with van der Waals surface area (Å²) in [5.74, 6) is -0.390. The molecule has 0 saturated heterocycles. The van der Waals surface area contributed by atoms with Crippen molar-refractivity contribution in [2.75, 3.05) is 0 Å². The molecule has 0 amide bonds. The number of aromatic carboxylic acids is 1. The Hall–Kier alpha value is -1.55. The summed E-state index contributed by atoms with van der Waals surface area (Å²) in [6, 6.07) is 5.35. The van der Waals surface area contributed by atoms with Crippen LogP contribution in [0.2, 0.25) is 0 Å².